The van der Waals surface area contributed by atoms with E-state index >= 15 is 0 Å². The number of fused-ring (bicyclic) bond motifs is 1. The molecule has 192 valence electrons. The maximum Gasteiger partial charge on any atom is 0.310 e. The fraction of sp³-hybridized carbons (Fsp3) is 0.448. The van der Waals surface area contributed by atoms with E-state index in [4.69, 9.17) is 9.84 Å². The Morgan fingerprint density at radius 1 is 1.06 bits per heavy atom. The fourth-order valence-electron chi connectivity index (χ4n) is 5.51. The summed E-state index contributed by atoms with van der Waals surface area (Å²) in [6.07, 6.45) is 7.93. The van der Waals surface area contributed by atoms with Gasteiger partial charge < -0.3 is 14.9 Å². The van der Waals surface area contributed by atoms with Crippen LogP contribution in [0, 0.1) is 12.8 Å². The molecule has 0 saturated heterocycles. The Balaban J connectivity index is 1.56. The number of aromatic hydroxyl groups is 1. The van der Waals surface area contributed by atoms with Crippen molar-refractivity contribution in [2.45, 2.75) is 76.0 Å². The van der Waals surface area contributed by atoms with Gasteiger partial charge in [-0.1, -0.05) is 25.8 Å². The second-order valence-electron chi connectivity index (χ2n) is 10.1. The lowest BCUT2D eigenvalue weighted by Gasteiger charge is -2.19. The number of allylic oxidation sites excluding steroid dienone is 1. The number of aryl methyl sites for hydroxylation is 1. The molecule has 0 spiro atoms. The number of hydrogen-bond donors (Lipinski definition) is 2. The predicted molar refractivity (Wildman–Crippen MR) is 141 cm³/mol. The molecule has 1 fully saturated rings. The smallest absolute Gasteiger partial charge is 0.310 e. The largest absolute Gasteiger partial charge is 0.503 e. The van der Waals surface area contributed by atoms with Crippen LogP contribution in [0.2, 0.25) is 0 Å². The first-order chi connectivity index (χ1) is 17.2. The summed E-state index contributed by atoms with van der Waals surface area (Å²) in [5, 5.41) is 19.3. The van der Waals surface area contributed by atoms with E-state index in [1.165, 1.54) is 19.3 Å². The highest BCUT2D eigenvalue weighted by Crippen LogP contribution is 2.42. The highest BCUT2D eigenvalue weighted by Gasteiger charge is 2.26. The van der Waals surface area contributed by atoms with Gasteiger partial charge >= 0.3 is 5.97 Å². The Kier molecular flexibility index (Phi) is 8.29. The molecule has 36 heavy (non-hydrogen) atoms. The molecule has 7 heteroatoms. The van der Waals surface area contributed by atoms with Crippen LogP contribution in [0.1, 0.15) is 73.6 Å². The van der Waals surface area contributed by atoms with Crippen LogP contribution in [-0.2, 0) is 37.4 Å². The number of ether oxygens (including phenoxy) is 1. The molecular formula is C29H35O6S+. The average Bonchev–Trinajstić information content (AvgIpc) is 3.31. The Bertz CT molecular complexity index is 1210. The lowest BCUT2D eigenvalue weighted by atomic mass is 9.91. The number of carboxylic acids is 1. The van der Waals surface area contributed by atoms with Gasteiger partial charge in [0.25, 0.3) is 0 Å². The van der Waals surface area contributed by atoms with Crippen molar-refractivity contribution in [3.63, 3.8) is 0 Å². The highest BCUT2D eigenvalue weighted by molar-refractivity contribution is 7.85. The van der Waals surface area contributed by atoms with Crippen molar-refractivity contribution in [2.75, 3.05) is 5.75 Å². The number of Topliss-reactive ketones (excluding diaryl/α,β-unsaturated/α-hetero) is 1. The molecule has 2 aromatic carbocycles. The molecule has 2 aromatic rings. The molecule has 1 saturated carbocycles. The molecule has 0 heterocycles. The molecule has 0 bridgehead atoms. The average molecular weight is 512 g/mol. The van der Waals surface area contributed by atoms with Crippen molar-refractivity contribution in [3.05, 3.63) is 53.1 Å². The van der Waals surface area contributed by atoms with Gasteiger partial charge in [-0.05, 0) is 85.1 Å². The molecule has 0 aromatic heterocycles. The number of hydrogen-bond acceptors (Lipinski definition) is 5. The zero-order valence-electron chi connectivity index (χ0n) is 20.8. The third-order valence-electron chi connectivity index (χ3n) is 7.26. The minimum atomic E-state index is -1.72. The second-order valence-corrected chi connectivity index (χ2v) is 11.7. The van der Waals surface area contributed by atoms with Crippen molar-refractivity contribution in [1.29, 1.82) is 0 Å². The lowest BCUT2D eigenvalue weighted by Crippen LogP contribution is -2.14. The summed E-state index contributed by atoms with van der Waals surface area (Å²) in [5.41, 5.74) is 4.57. The van der Waals surface area contributed by atoms with Gasteiger partial charge in [-0.2, -0.15) is 0 Å². The van der Waals surface area contributed by atoms with E-state index < -0.39 is 23.2 Å². The number of carbonyl (C=O) groups is 2. The van der Waals surface area contributed by atoms with Gasteiger partial charge in [0.1, 0.15) is 40.3 Å². The normalized spacial score (nSPS) is 16.4. The third-order valence-corrected chi connectivity index (χ3v) is 9.00. The Hall–Kier alpha value is -2.93. The molecule has 1 atom stereocenters. The van der Waals surface area contributed by atoms with Crippen molar-refractivity contribution < 1.29 is 28.7 Å². The molecule has 0 amide bonds. The summed E-state index contributed by atoms with van der Waals surface area (Å²) in [6.45, 7) is 6.02. The van der Waals surface area contributed by atoms with Crippen LogP contribution in [0.25, 0.3) is 5.57 Å². The molecule has 2 aliphatic rings. The first-order valence-electron chi connectivity index (χ1n) is 12.8. The van der Waals surface area contributed by atoms with E-state index in [-0.39, 0.29) is 18.0 Å². The summed E-state index contributed by atoms with van der Waals surface area (Å²) in [4.78, 5) is 23.4. The van der Waals surface area contributed by atoms with Gasteiger partial charge in [-0.3, -0.25) is 9.59 Å². The van der Waals surface area contributed by atoms with E-state index in [1.54, 1.807) is 18.2 Å². The van der Waals surface area contributed by atoms with Gasteiger partial charge in [-0.25, -0.2) is 0 Å². The first kappa shape index (κ1) is 26.1. The van der Waals surface area contributed by atoms with Crippen LogP contribution in [0.5, 0.6) is 17.2 Å². The minimum Gasteiger partial charge on any atom is -0.503 e. The number of carbonyl (C=O) groups excluding carboxylic acids is 1. The molecule has 4 rings (SSSR count). The highest BCUT2D eigenvalue weighted by atomic mass is 32.2. The SMILES string of the molecule is C=C(CC(=O)CC(=O)O)c1cc(C)c(Oc2ccc(O)c([SH+](=O)CC3CCCCC3)c2)c2c1CCC2. The van der Waals surface area contributed by atoms with Crippen molar-refractivity contribution in [2.24, 2.45) is 5.92 Å². The fourth-order valence-corrected chi connectivity index (χ4v) is 7.14. The van der Waals surface area contributed by atoms with Gasteiger partial charge in [0.2, 0.25) is 4.90 Å². The number of benzene rings is 2. The van der Waals surface area contributed by atoms with E-state index in [1.807, 2.05) is 13.0 Å². The van der Waals surface area contributed by atoms with Crippen molar-refractivity contribution in [3.8, 4) is 17.2 Å². The molecule has 0 aliphatic heterocycles. The number of phenols is 1. The topological polar surface area (TPSA) is 101 Å². The molecule has 1 unspecified atom stereocenters. The zero-order valence-corrected chi connectivity index (χ0v) is 21.7. The minimum absolute atomic E-state index is 0.00769. The van der Waals surface area contributed by atoms with Crippen LogP contribution in [0.3, 0.4) is 0 Å². The summed E-state index contributed by atoms with van der Waals surface area (Å²) in [6, 6.07) is 6.91. The summed E-state index contributed by atoms with van der Waals surface area (Å²) in [5.74, 6) is 0.866. The van der Waals surface area contributed by atoms with Crippen LogP contribution in [-0.4, -0.2) is 27.7 Å². The Morgan fingerprint density at radius 3 is 2.50 bits per heavy atom. The predicted octanol–water partition coefficient (Wildman–Crippen LogP) is 6.06. The van der Waals surface area contributed by atoms with Crippen molar-refractivity contribution >= 4 is 28.1 Å². The monoisotopic (exact) mass is 511 g/mol. The van der Waals surface area contributed by atoms with Gasteiger partial charge in [-0.15, -0.1) is 4.21 Å². The van der Waals surface area contributed by atoms with Gasteiger partial charge in [0.05, 0.1) is 0 Å². The maximum atomic E-state index is 13.1. The van der Waals surface area contributed by atoms with E-state index in [0.717, 1.165) is 60.1 Å². The maximum absolute atomic E-state index is 13.1. The molecule has 0 radical (unpaired) electrons. The Morgan fingerprint density at radius 2 is 1.78 bits per heavy atom. The van der Waals surface area contributed by atoms with Crippen LogP contribution in [0.15, 0.2) is 35.7 Å². The van der Waals surface area contributed by atoms with E-state index in [9.17, 15) is 18.9 Å². The number of phenolic OH excluding ortho intramolecular Hbond substituents is 1. The standard InChI is InChI=1S/C29H34O6S/c1-18(13-21(30)15-28(32)33)25-14-19(2)29(24-10-6-9-23(24)25)35-22-11-12-26(31)27(16-22)36(34)17-20-7-4-3-5-8-20/h11-12,14,16,20,31H,1,3-10,13,15,17H2,2H3,(H,32,33)/p+1. The molecule has 2 aliphatic carbocycles. The lowest BCUT2D eigenvalue weighted by molar-refractivity contribution is -0.139. The number of thiol groups is 1. The molecule has 6 nitrogen and oxygen atoms in total. The molecular weight excluding hydrogens is 476 g/mol. The number of ketones is 1. The second kappa shape index (κ2) is 11.4. The van der Waals surface area contributed by atoms with E-state index in [2.05, 4.69) is 6.58 Å². The van der Waals surface area contributed by atoms with Crippen LogP contribution in [0.4, 0.5) is 0 Å². The van der Waals surface area contributed by atoms with Crippen LogP contribution >= 0.6 is 0 Å². The first-order valence-corrected chi connectivity index (χ1v) is 14.2. The van der Waals surface area contributed by atoms with Crippen molar-refractivity contribution in [1.82, 2.24) is 0 Å². The summed E-state index contributed by atoms with van der Waals surface area (Å²) in [7, 11) is -1.72. The van der Waals surface area contributed by atoms with Gasteiger partial charge in [0, 0.05) is 18.4 Å². The number of aliphatic carboxylic acids is 1. The van der Waals surface area contributed by atoms with Gasteiger partial charge in [0.15, 0.2) is 5.75 Å². The number of carboxylic acid groups (broad SMARTS) is 1. The van der Waals surface area contributed by atoms with E-state index in [0.29, 0.717) is 27.9 Å². The third kappa shape index (κ3) is 6.06. The Labute approximate surface area is 214 Å². The summed E-state index contributed by atoms with van der Waals surface area (Å²) >= 11 is 0. The quantitative estimate of drug-likeness (QED) is 0.228. The van der Waals surface area contributed by atoms with Crippen LogP contribution < -0.4 is 4.74 Å². The zero-order chi connectivity index (χ0) is 25.8. The molecule has 2 N–H and O–H groups in total. The number of rotatable bonds is 10. The summed E-state index contributed by atoms with van der Waals surface area (Å²) < 4.78 is 19.5.